The molecular formula is C29H28F3N7O3. The minimum absolute atomic E-state index is 0.136. The summed E-state index contributed by atoms with van der Waals surface area (Å²) in [4.78, 5) is 40.6. The van der Waals surface area contributed by atoms with Gasteiger partial charge in [-0.05, 0) is 43.5 Å². The zero-order valence-electron chi connectivity index (χ0n) is 22.6. The number of amides is 2. The third-order valence-corrected chi connectivity index (χ3v) is 6.97. The van der Waals surface area contributed by atoms with E-state index >= 15 is 0 Å². The van der Waals surface area contributed by atoms with Crippen molar-refractivity contribution in [1.29, 1.82) is 0 Å². The van der Waals surface area contributed by atoms with E-state index in [1.807, 2.05) is 4.40 Å². The van der Waals surface area contributed by atoms with Crippen LogP contribution in [0.3, 0.4) is 0 Å². The number of likely N-dealkylation sites (tertiary alicyclic amines) is 1. The van der Waals surface area contributed by atoms with E-state index in [-0.39, 0.29) is 29.1 Å². The molecule has 5 rings (SSSR count). The number of aromatic nitrogens is 4. The summed E-state index contributed by atoms with van der Waals surface area (Å²) in [6.45, 7) is 0.906. The van der Waals surface area contributed by atoms with Gasteiger partial charge in [-0.2, -0.15) is 13.2 Å². The topological polar surface area (TPSA) is 128 Å². The van der Waals surface area contributed by atoms with Crippen LogP contribution in [0.25, 0.3) is 16.8 Å². The van der Waals surface area contributed by atoms with Gasteiger partial charge in [0.25, 0.3) is 5.91 Å². The summed E-state index contributed by atoms with van der Waals surface area (Å²) in [5.41, 5.74) is 7.31. The highest BCUT2D eigenvalue weighted by Gasteiger charge is 2.32. The second-order valence-electron chi connectivity index (χ2n) is 9.71. The molecule has 42 heavy (non-hydrogen) atoms. The zero-order valence-corrected chi connectivity index (χ0v) is 22.6. The van der Waals surface area contributed by atoms with Crippen molar-refractivity contribution in [2.75, 3.05) is 31.3 Å². The molecule has 3 aromatic heterocycles. The van der Waals surface area contributed by atoms with E-state index in [0.29, 0.717) is 42.2 Å². The number of nitrogens with two attached hydrogens (primary N) is 1. The first-order valence-electron chi connectivity index (χ1n) is 13.2. The number of carbonyl (C=O) groups excluding carboxylic acids is 2. The molecule has 4 aromatic rings. The molecule has 2 amide bonds. The molecule has 4 heterocycles. The van der Waals surface area contributed by atoms with Crippen molar-refractivity contribution < 1.29 is 27.5 Å². The van der Waals surface area contributed by atoms with Gasteiger partial charge in [0.1, 0.15) is 28.7 Å². The van der Waals surface area contributed by atoms with Crippen LogP contribution in [-0.4, -0.2) is 56.3 Å². The fourth-order valence-corrected chi connectivity index (χ4v) is 4.97. The van der Waals surface area contributed by atoms with Crippen molar-refractivity contribution in [2.45, 2.75) is 31.5 Å². The quantitative estimate of drug-likeness (QED) is 0.298. The number of nitrogens with one attached hydrogen (secondary N) is 1. The Balaban J connectivity index is 1.45. The second-order valence-corrected chi connectivity index (χ2v) is 9.71. The molecule has 1 saturated heterocycles. The van der Waals surface area contributed by atoms with Gasteiger partial charge in [0.2, 0.25) is 5.91 Å². The lowest BCUT2D eigenvalue weighted by atomic mass is 10.0. The molecular weight excluding hydrogens is 551 g/mol. The van der Waals surface area contributed by atoms with Crippen molar-refractivity contribution >= 4 is 29.0 Å². The lowest BCUT2D eigenvalue weighted by molar-refractivity contribution is -0.137. The van der Waals surface area contributed by atoms with E-state index in [2.05, 4.69) is 15.3 Å². The average Bonchev–Trinajstić information content (AvgIpc) is 3.38. The molecule has 1 aromatic carbocycles. The number of alkyl halides is 3. The van der Waals surface area contributed by atoms with Gasteiger partial charge in [0, 0.05) is 49.4 Å². The Morgan fingerprint density at radius 1 is 1.14 bits per heavy atom. The van der Waals surface area contributed by atoms with Gasteiger partial charge in [0.05, 0.1) is 18.2 Å². The number of hydrogen-bond donors (Lipinski definition) is 2. The summed E-state index contributed by atoms with van der Waals surface area (Å²) >= 11 is 0. The van der Waals surface area contributed by atoms with Gasteiger partial charge in [-0.25, -0.2) is 15.0 Å². The minimum Gasteiger partial charge on any atom is -0.382 e. The molecule has 218 valence electrons. The Bertz CT molecular complexity index is 1630. The lowest BCUT2D eigenvalue weighted by Crippen LogP contribution is -2.38. The summed E-state index contributed by atoms with van der Waals surface area (Å²) in [6.07, 6.45) is 5.44. The Kier molecular flexibility index (Phi) is 8.20. The number of benzene rings is 1. The van der Waals surface area contributed by atoms with Crippen LogP contribution < -0.4 is 11.1 Å². The zero-order chi connectivity index (χ0) is 29.9. The Morgan fingerprint density at radius 2 is 1.93 bits per heavy atom. The van der Waals surface area contributed by atoms with Crippen molar-refractivity contribution in [3.05, 3.63) is 84.1 Å². The first-order chi connectivity index (χ1) is 20.2. The highest BCUT2D eigenvalue weighted by atomic mass is 19.4. The number of fused-ring (bicyclic) bond motifs is 1. The molecule has 0 spiro atoms. The molecule has 1 fully saturated rings. The van der Waals surface area contributed by atoms with Crippen molar-refractivity contribution in [3.8, 4) is 11.3 Å². The Labute approximate surface area is 239 Å². The summed E-state index contributed by atoms with van der Waals surface area (Å²) in [6, 6.07) is 7.71. The van der Waals surface area contributed by atoms with Crippen molar-refractivity contribution in [2.24, 2.45) is 0 Å². The van der Waals surface area contributed by atoms with Crippen LogP contribution in [0.15, 0.2) is 67.1 Å². The molecule has 1 atom stereocenters. The predicted molar refractivity (Wildman–Crippen MR) is 149 cm³/mol. The third-order valence-electron chi connectivity index (χ3n) is 6.97. The van der Waals surface area contributed by atoms with Crippen molar-refractivity contribution in [1.82, 2.24) is 24.3 Å². The number of rotatable bonds is 7. The van der Waals surface area contributed by atoms with Gasteiger partial charge in [0.15, 0.2) is 0 Å². The number of imidazole rings is 1. The number of halogens is 3. The maximum atomic E-state index is 13.0. The van der Waals surface area contributed by atoms with Crippen LogP contribution in [0.4, 0.5) is 24.8 Å². The SMILES string of the molecule is COCC=CC(=O)N1CCCCC1c1nc(-c2ccc(C(=O)Nc3cc(C(F)(F)F)ccn3)cc2)c2c(N)nccn12. The number of methoxy groups -OCH3 is 1. The van der Waals surface area contributed by atoms with Crippen LogP contribution in [0.5, 0.6) is 0 Å². The van der Waals surface area contributed by atoms with Gasteiger partial charge >= 0.3 is 6.18 Å². The van der Waals surface area contributed by atoms with Gasteiger partial charge < -0.3 is 20.7 Å². The number of pyridine rings is 1. The molecule has 0 bridgehead atoms. The van der Waals surface area contributed by atoms with Crippen LogP contribution >= 0.6 is 0 Å². The van der Waals surface area contributed by atoms with Gasteiger partial charge in [-0.1, -0.05) is 18.2 Å². The normalized spacial score (nSPS) is 15.8. The maximum absolute atomic E-state index is 13.0. The number of carbonyl (C=O) groups is 2. The summed E-state index contributed by atoms with van der Waals surface area (Å²) in [5.74, 6) is -0.0891. The molecule has 1 aliphatic heterocycles. The van der Waals surface area contributed by atoms with E-state index in [9.17, 15) is 22.8 Å². The number of piperidine rings is 1. The molecule has 0 aliphatic carbocycles. The van der Waals surface area contributed by atoms with Crippen LogP contribution in [0, 0.1) is 0 Å². The van der Waals surface area contributed by atoms with Crippen LogP contribution in [0.2, 0.25) is 0 Å². The smallest absolute Gasteiger partial charge is 0.382 e. The fourth-order valence-electron chi connectivity index (χ4n) is 4.97. The molecule has 13 heteroatoms. The number of nitrogens with zero attached hydrogens (tertiary/aromatic N) is 5. The van der Waals surface area contributed by atoms with Crippen molar-refractivity contribution in [3.63, 3.8) is 0 Å². The third kappa shape index (κ3) is 5.96. The number of anilines is 2. The fraction of sp³-hybridized carbons (Fsp3) is 0.276. The molecule has 1 aliphatic rings. The van der Waals surface area contributed by atoms with E-state index in [1.54, 1.807) is 42.6 Å². The van der Waals surface area contributed by atoms with Crippen LogP contribution in [0.1, 0.15) is 47.1 Å². The molecule has 1 unspecified atom stereocenters. The highest BCUT2D eigenvalue weighted by molar-refractivity contribution is 6.04. The maximum Gasteiger partial charge on any atom is 0.416 e. The molecule has 0 saturated carbocycles. The number of ether oxygens (including phenoxy) is 1. The van der Waals surface area contributed by atoms with Crippen LogP contribution in [-0.2, 0) is 15.7 Å². The number of nitrogen functional groups attached to an aromatic ring is 1. The summed E-state index contributed by atoms with van der Waals surface area (Å²) in [7, 11) is 1.56. The summed E-state index contributed by atoms with van der Waals surface area (Å²) in [5, 5.41) is 2.40. The largest absolute Gasteiger partial charge is 0.416 e. The first kappa shape index (κ1) is 28.7. The Hall–Kier alpha value is -4.78. The lowest BCUT2D eigenvalue weighted by Gasteiger charge is -2.34. The Morgan fingerprint density at radius 3 is 2.67 bits per heavy atom. The molecule has 3 N–H and O–H groups in total. The van der Waals surface area contributed by atoms with E-state index < -0.39 is 17.6 Å². The standard InChI is InChI=1S/C29H28F3N7O3/c1-42-16-4-6-23(40)38-14-3-2-5-21(38)27-37-24(25-26(33)35-13-15-39(25)27)18-7-9-19(10-8-18)28(41)36-22-17-20(11-12-34-22)29(30,31)32/h4,6-13,15,17,21H,2-3,5,14,16H2,1H3,(H2,33,35)(H,34,36,41). The number of hydrogen-bond acceptors (Lipinski definition) is 7. The van der Waals surface area contributed by atoms with Gasteiger partial charge in [-0.15, -0.1) is 0 Å². The van der Waals surface area contributed by atoms with E-state index in [1.165, 1.54) is 18.2 Å². The highest BCUT2D eigenvalue weighted by Crippen LogP contribution is 2.36. The minimum atomic E-state index is -4.56. The monoisotopic (exact) mass is 579 g/mol. The van der Waals surface area contributed by atoms with E-state index in [0.717, 1.165) is 31.2 Å². The molecule has 10 nitrogen and oxygen atoms in total. The average molecular weight is 580 g/mol. The summed E-state index contributed by atoms with van der Waals surface area (Å²) < 4.78 is 45.9. The molecule has 0 radical (unpaired) electrons. The van der Waals surface area contributed by atoms with E-state index in [4.69, 9.17) is 15.5 Å². The predicted octanol–water partition coefficient (Wildman–Crippen LogP) is 4.90. The first-order valence-corrected chi connectivity index (χ1v) is 13.2. The second kappa shape index (κ2) is 12.0. The van der Waals surface area contributed by atoms with Gasteiger partial charge in [-0.3, -0.25) is 14.0 Å².